The molecule has 5 nitrogen and oxygen atoms in total. The van der Waals surface area contributed by atoms with Crippen LogP contribution in [-0.2, 0) is 4.84 Å². The maximum atomic E-state index is 5.79. The van der Waals surface area contributed by atoms with E-state index in [4.69, 9.17) is 4.84 Å². The zero-order chi connectivity index (χ0) is 14.4. The van der Waals surface area contributed by atoms with Gasteiger partial charge in [0.15, 0.2) is 0 Å². The summed E-state index contributed by atoms with van der Waals surface area (Å²) in [5.41, 5.74) is 0.914. The van der Waals surface area contributed by atoms with Crippen molar-refractivity contribution in [3.8, 4) is 0 Å². The van der Waals surface area contributed by atoms with Crippen molar-refractivity contribution in [1.82, 2.24) is 9.97 Å². The van der Waals surface area contributed by atoms with E-state index in [2.05, 4.69) is 16.9 Å². The fraction of sp³-hybridized carbons (Fsp3) is 0.333. The summed E-state index contributed by atoms with van der Waals surface area (Å²) in [4.78, 5) is 16.6. The second-order valence-corrected chi connectivity index (χ2v) is 4.57. The van der Waals surface area contributed by atoms with Crippen LogP contribution in [0.25, 0.3) is 0 Å². The molecule has 1 aromatic carbocycles. The number of rotatable bonds is 6. The molecule has 0 fully saturated rings. The second kappa shape index (κ2) is 6.86. The van der Waals surface area contributed by atoms with Gasteiger partial charge < -0.3 is 4.90 Å². The molecule has 5 heteroatoms. The highest BCUT2D eigenvalue weighted by molar-refractivity contribution is 5.55. The van der Waals surface area contributed by atoms with Crippen LogP contribution in [0.2, 0.25) is 0 Å². The summed E-state index contributed by atoms with van der Waals surface area (Å²) in [5, 5.41) is 1.68. The first kappa shape index (κ1) is 14.3. The SMILES string of the molecule is CCCON(c1ccccc1)c1nccc(N(C)C)n1. The highest BCUT2D eigenvalue weighted by Gasteiger charge is 2.13. The zero-order valence-electron chi connectivity index (χ0n) is 12.2. The molecule has 0 bridgehead atoms. The van der Waals surface area contributed by atoms with E-state index in [1.807, 2.05) is 55.4 Å². The standard InChI is InChI=1S/C15H20N4O/c1-4-12-20-19(13-8-6-5-7-9-13)15-16-11-10-14(17-15)18(2)3/h5-11H,4,12H2,1-3H3. The quantitative estimate of drug-likeness (QED) is 0.756. The molecule has 2 aromatic rings. The Morgan fingerprint density at radius 3 is 2.50 bits per heavy atom. The molecule has 0 aliphatic heterocycles. The fourth-order valence-electron chi connectivity index (χ4n) is 1.68. The minimum absolute atomic E-state index is 0.538. The summed E-state index contributed by atoms with van der Waals surface area (Å²) in [6.45, 7) is 2.69. The molecule has 106 valence electrons. The Labute approximate surface area is 119 Å². The number of hydrogen-bond donors (Lipinski definition) is 0. The molecular weight excluding hydrogens is 252 g/mol. The summed E-state index contributed by atoms with van der Waals surface area (Å²) < 4.78 is 0. The van der Waals surface area contributed by atoms with Gasteiger partial charge in [-0.15, -0.1) is 0 Å². The summed E-state index contributed by atoms with van der Waals surface area (Å²) in [6.07, 6.45) is 2.67. The van der Waals surface area contributed by atoms with Gasteiger partial charge in [-0.2, -0.15) is 10.0 Å². The topological polar surface area (TPSA) is 41.5 Å². The summed E-state index contributed by atoms with van der Waals surface area (Å²) in [6, 6.07) is 11.7. The number of anilines is 3. The molecule has 0 atom stereocenters. The Hall–Kier alpha value is -2.14. The highest BCUT2D eigenvalue weighted by Crippen LogP contribution is 2.23. The van der Waals surface area contributed by atoms with Crippen molar-refractivity contribution in [2.75, 3.05) is 30.7 Å². The maximum Gasteiger partial charge on any atom is 0.256 e. The number of aromatic nitrogens is 2. The van der Waals surface area contributed by atoms with Gasteiger partial charge in [0.1, 0.15) is 5.82 Å². The van der Waals surface area contributed by atoms with Crippen LogP contribution in [0.5, 0.6) is 0 Å². The van der Waals surface area contributed by atoms with Crippen LogP contribution in [-0.4, -0.2) is 30.7 Å². The fourth-order valence-corrected chi connectivity index (χ4v) is 1.68. The Morgan fingerprint density at radius 2 is 1.85 bits per heavy atom. The Balaban J connectivity index is 2.33. The van der Waals surface area contributed by atoms with Gasteiger partial charge in [-0.25, -0.2) is 4.98 Å². The Bertz CT molecular complexity index is 530. The third-order valence-corrected chi connectivity index (χ3v) is 2.68. The van der Waals surface area contributed by atoms with E-state index in [1.165, 1.54) is 0 Å². The lowest BCUT2D eigenvalue weighted by Crippen LogP contribution is -2.22. The van der Waals surface area contributed by atoms with Crippen LogP contribution in [0, 0.1) is 0 Å². The lowest BCUT2D eigenvalue weighted by Gasteiger charge is -2.22. The number of nitrogens with zero attached hydrogens (tertiary/aromatic N) is 4. The average Bonchev–Trinajstić information content (AvgIpc) is 2.49. The molecule has 0 amide bonds. The molecule has 0 radical (unpaired) electrons. The second-order valence-electron chi connectivity index (χ2n) is 4.57. The van der Waals surface area contributed by atoms with Crippen LogP contribution in [0.1, 0.15) is 13.3 Å². The Morgan fingerprint density at radius 1 is 1.10 bits per heavy atom. The van der Waals surface area contributed by atoms with Crippen molar-refractivity contribution in [1.29, 1.82) is 0 Å². The minimum Gasteiger partial charge on any atom is -0.363 e. The van der Waals surface area contributed by atoms with Gasteiger partial charge >= 0.3 is 0 Å². The molecular formula is C15H20N4O. The van der Waals surface area contributed by atoms with E-state index in [-0.39, 0.29) is 0 Å². The normalized spacial score (nSPS) is 10.3. The maximum absolute atomic E-state index is 5.79. The van der Waals surface area contributed by atoms with E-state index >= 15 is 0 Å². The Kier molecular flexibility index (Phi) is 4.90. The van der Waals surface area contributed by atoms with E-state index in [0.717, 1.165) is 17.9 Å². The van der Waals surface area contributed by atoms with Crippen LogP contribution < -0.4 is 9.96 Å². The number of hydrogen-bond acceptors (Lipinski definition) is 5. The molecule has 0 aliphatic carbocycles. The van der Waals surface area contributed by atoms with E-state index < -0.39 is 0 Å². The van der Waals surface area contributed by atoms with Crippen LogP contribution >= 0.6 is 0 Å². The van der Waals surface area contributed by atoms with Gasteiger partial charge in [0.25, 0.3) is 5.95 Å². The first-order valence-corrected chi connectivity index (χ1v) is 6.71. The highest BCUT2D eigenvalue weighted by atomic mass is 16.7. The number of para-hydroxylation sites is 1. The average molecular weight is 272 g/mol. The van der Waals surface area contributed by atoms with Gasteiger partial charge in [-0.3, -0.25) is 4.84 Å². The number of benzene rings is 1. The third-order valence-electron chi connectivity index (χ3n) is 2.68. The summed E-state index contributed by atoms with van der Waals surface area (Å²) in [5.74, 6) is 1.38. The molecule has 0 spiro atoms. The minimum atomic E-state index is 0.538. The molecule has 20 heavy (non-hydrogen) atoms. The predicted octanol–water partition coefficient (Wildman–Crippen LogP) is 3.02. The summed E-state index contributed by atoms with van der Waals surface area (Å²) >= 11 is 0. The monoisotopic (exact) mass is 272 g/mol. The molecule has 1 aromatic heterocycles. The van der Waals surface area contributed by atoms with Gasteiger partial charge in [0.05, 0.1) is 12.3 Å². The van der Waals surface area contributed by atoms with E-state index in [0.29, 0.717) is 12.6 Å². The van der Waals surface area contributed by atoms with Crippen molar-refractivity contribution in [2.24, 2.45) is 0 Å². The molecule has 0 unspecified atom stereocenters. The van der Waals surface area contributed by atoms with Crippen molar-refractivity contribution in [3.05, 3.63) is 42.6 Å². The first-order valence-electron chi connectivity index (χ1n) is 6.71. The molecule has 0 saturated carbocycles. The van der Waals surface area contributed by atoms with Crippen LogP contribution in [0.3, 0.4) is 0 Å². The van der Waals surface area contributed by atoms with Crippen molar-refractivity contribution in [2.45, 2.75) is 13.3 Å². The molecule has 0 saturated heterocycles. The lowest BCUT2D eigenvalue weighted by atomic mass is 10.3. The molecule has 0 N–H and O–H groups in total. The third kappa shape index (κ3) is 3.45. The van der Waals surface area contributed by atoms with Gasteiger partial charge in [-0.05, 0) is 24.6 Å². The molecule has 2 rings (SSSR count). The zero-order valence-corrected chi connectivity index (χ0v) is 12.2. The van der Waals surface area contributed by atoms with E-state index in [1.54, 1.807) is 11.3 Å². The smallest absolute Gasteiger partial charge is 0.256 e. The van der Waals surface area contributed by atoms with Crippen molar-refractivity contribution < 1.29 is 4.84 Å². The van der Waals surface area contributed by atoms with Crippen LogP contribution in [0.4, 0.5) is 17.5 Å². The summed E-state index contributed by atoms with van der Waals surface area (Å²) in [7, 11) is 3.90. The van der Waals surface area contributed by atoms with Crippen LogP contribution in [0.15, 0.2) is 42.6 Å². The van der Waals surface area contributed by atoms with Crippen molar-refractivity contribution in [3.63, 3.8) is 0 Å². The first-order chi connectivity index (χ1) is 9.72. The molecule has 0 aliphatic rings. The van der Waals surface area contributed by atoms with Gasteiger partial charge in [0, 0.05) is 20.3 Å². The predicted molar refractivity (Wildman–Crippen MR) is 81.2 cm³/mol. The van der Waals surface area contributed by atoms with Gasteiger partial charge in [0.2, 0.25) is 0 Å². The van der Waals surface area contributed by atoms with E-state index in [9.17, 15) is 0 Å². The van der Waals surface area contributed by atoms with Crippen molar-refractivity contribution >= 4 is 17.5 Å². The van der Waals surface area contributed by atoms with Gasteiger partial charge in [-0.1, -0.05) is 25.1 Å². The largest absolute Gasteiger partial charge is 0.363 e. The molecule has 1 heterocycles. The lowest BCUT2D eigenvalue weighted by molar-refractivity contribution is 0.133.